The van der Waals surface area contributed by atoms with E-state index in [0.29, 0.717) is 12.1 Å². The molecule has 0 saturated heterocycles. The molecule has 0 fully saturated rings. The lowest BCUT2D eigenvalue weighted by atomic mass is 9.94. The van der Waals surface area contributed by atoms with E-state index >= 15 is 0 Å². The van der Waals surface area contributed by atoms with Crippen molar-refractivity contribution in [3.8, 4) is 0 Å². The Morgan fingerprint density at radius 2 is 2.10 bits per heavy atom. The average Bonchev–Trinajstić information content (AvgIpc) is 3.00. The largest absolute Gasteiger partial charge is 0.309 e. The van der Waals surface area contributed by atoms with Crippen LogP contribution in [0.25, 0.3) is 0 Å². The normalized spacial score (nSPS) is 18.2. The van der Waals surface area contributed by atoms with Crippen LogP contribution in [-0.2, 0) is 13.0 Å². The van der Waals surface area contributed by atoms with Crippen molar-refractivity contribution in [1.29, 1.82) is 0 Å². The third-order valence-corrected chi connectivity index (χ3v) is 5.16. The molecule has 1 atom stereocenters. The summed E-state index contributed by atoms with van der Waals surface area (Å²) in [6.07, 6.45) is 1.15. The summed E-state index contributed by atoms with van der Waals surface area (Å²) < 4.78 is 0. The number of rotatable bonds is 5. The lowest BCUT2D eigenvalue weighted by Gasteiger charge is -2.34. The van der Waals surface area contributed by atoms with Gasteiger partial charge in [-0.3, -0.25) is 4.90 Å². The first kappa shape index (κ1) is 14.8. The average molecular weight is 300 g/mol. The molecule has 0 spiro atoms. The van der Waals surface area contributed by atoms with Crippen molar-refractivity contribution in [1.82, 2.24) is 10.2 Å². The van der Waals surface area contributed by atoms with Crippen molar-refractivity contribution in [2.75, 3.05) is 13.1 Å². The van der Waals surface area contributed by atoms with Crippen molar-refractivity contribution in [3.05, 3.63) is 57.8 Å². The zero-order valence-electron chi connectivity index (χ0n) is 12.9. The van der Waals surface area contributed by atoms with E-state index in [-0.39, 0.29) is 0 Å². The summed E-state index contributed by atoms with van der Waals surface area (Å²) in [6.45, 7) is 7.81. The second kappa shape index (κ2) is 6.73. The molecule has 0 aliphatic carbocycles. The number of fused-ring (bicyclic) bond motifs is 1. The molecule has 1 aliphatic heterocycles. The summed E-state index contributed by atoms with van der Waals surface area (Å²) in [7, 11) is 0. The van der Waals surface area contributed by atoms with Gasteiger partial charge in [-0.25, -0.2) is 0 Å². The summed E-state index contributed by atoms with van der Waals surface area (Å²) in [5, 5.41) is 5.87. The summed E-state index contributed by atoms with van der Waals surface area (Å²) in [4.78, 5) is 4.03. The zero-order valence-corrected chi connectivity index (χ0v) is 13.7. The maximum absolute atomic E-state index is 3.70. The van der Waals surface area contributed by atoms with Crippen LogP contribution in [0.15, 0.2) is 41.8 Å². The Morgan fingerprint density at radius 3 is 2.86 bits per heavy atom. The van der Waals surface area contributed by atoms with Crippen LogP contribution >= 0.6 is 11.3 Å². The summed E-state index contributed by atoms with van der Waals surface area (Å²) >= 11 is 1.85. The molecule has 3 heteroatoms. The molecule has 1 N–H and O–H groups in total. The smallest absolute Gasteiger partial charge is 0.0452 e. The molecule has 3 rings (SSSR count). The van der Waals surface area contributed by atoms with Gasteiger partial charge in [0.1, 0.15) is 0 Å². The number of nitrogens with zero attached hydrogens (tertiary/aromatic N) is 1. The molecule has 2 heterocycles. The summed E-state index contributed by atoms with van der Waals surface area (Å²) in [5.41, 5.74) is 3.00. The van der Waals surface area contributed by atoms with Crippen LogP contribution in [0.5, 0.6) is 0 Å². The lowest BCUT2D eigenvalue weighted by Crippen LogP contribution is -2.41. The molecular weight excluding hydrogens is 276 g/mol. The Balaban J connectivity index is 1.74. The molecular formula is C18H24N2S. The first-order valence-electron chi connectivity index (χ1n) is 7.81. The zero-order chi connectivity index (χ0) is 14.7. The number of nitrogens with one attached hydrogen (secondary N) is 1. The first-order chi connectivity index (χ1) is 10.2. The van der Waals surface area contributed by atoms with Crippen molar-refractivity contribution in [2.45, 2.75) is 38.9 Å². The van der Waals surface area contributed by atoms with Gasteiger partial charge >= 0.3 is 0 Å². The second-order valence-electron chi connectivity index (χ2n) is 6.06. The Morgan fingerprint density at radius 1 is 1.24 bits per heavy atom. The van der Waals surface area contributed by atoms with Gasteiger partial charge < -0.3 is 5.32 Å². The van der Waals surface area contributed by atoms with Crippen molar-refractivity contribution >= 4 is 11.3 Å². The van der Waals surface area contributed by atoms with Crippen molar-refractivity contribution < 1.29 is 0 Å². The predicted molar refractivity (Wildman–Crippen MR) is 90.8 cm³/mol. The Hall–Kier alpha value is -1.16. The molecule has 112 valence electrons. The topological polar surface area (TPSA) is 15.3 Å². The third-order valence-electron chi connectivity index (χ3n) is 4.30. The van der Waals surface area contributed by atoms with E-state index in [1.807, 2.05) is 11.3 Å². The SMILES string of the molecule is CC(C)N(Cc1cccs1)CC1NCCc2ccccc21. The molecule has 2 nitrogen and oxygen atoms in total. The maximum atomic E-state index is 3.70. The van der Waals surface area contributed by atoms with E-state index in [2.05, 4.69) is 65.8 Å². The van der Waals surface area contributed by atoms with Gasteiger partial charge in [0.05, 0.1) is 0 Å². The predicted octanol–water partition coefficient (Wildman–Crippen LogP) is 3.85. The van der Waals surface area contributed by atoms with Gasteiger partial charge in [-0.15, -0.1) is 11.3 Å². The number of hydrogen-bond donors (Lipinski definition) is 1. The Labute approximate surface area is 131 Å². The molecule has 21 heavy (non-hydrogen) atoms. The van der Waals surface area contributed by atoms with Gasteiger partial charge in [-0.05, 0) is 49.4 Å². The minimum Gasteiger partial charge on any atom is -0.309 e. The van der Waals surface area contributed by atoms with Crippen LogP contribution < -0.4 is 5.32 Å². The molecule has 0 bridgehead atoms. The van der Waals surface area contributed by atoms with E-state index in [9.17, 15) is 0 Å². The van der Waals surface area contributed by atoms with Crippen LogP contribution in [0.3, 0.4) is 0 Å². The van der Waals surface area contributed by atoms with E-state index in [1.165, 1.54) is 16.0 Å². The monoisotopic (exact) mass is 300 g/mol. The van der Waals surface area contributed by atoms with Gasteiger partial charge in [0, 0.05) is 30.1 Å². The lowest BCUT2D eigenvalue weighted by molar-refractivity contribution is 0.188. The van der Waals surface area contributed by atoms with Gasteiger partial charge in [0.15, 0.2) is 0 Å². The van der Waals surface area contributed by atoms with Crippen LogP contribution in [-0.4, -0.2) is 24.0 Å². The highest BCUT2D eigenvalue weighted by atomic mass is 32.1. The quantitative estimate of drug-likeness (QED) is 0.902. The second-order valence-corrected chi connectivity index (χ2v) is 7.09. The molecule has 1 unspecified atom stereocenters. The van der Waals surface area contributed by atoms with E-state index in [1.54, 1.807) is 0 Å². The minimum atomic E-state index is 0.456. The van der Waals surface area contributed by atoms with Crippen molar-refractivity contribution in [3.63, 3.8) is 0 Å². The van der Waals surface area contributed by atoms with Gasteiger partial charge in [0.25, 0.3) is 0 Å². The summed E-state index contributed by atoms with van der Waals surface area (Å²) in [6, 6.07) is 14.3. The maximum Gasteiger partial charge on any atom is 0.0452 e. The molecule has 1 aromatic carbocycles. The molecule has 0 amide bonds. The van der Waals surface area contributed by atoms with E-state index in [0.717, 1.165) is 26.1 Å². The van der Waals surface area contributed by atoms with Crippen LogP contribution in [0.4, 0.5) is 0 Å². The molecule has 0 radical (unpaired) electrons. The molecule has 1 aliphatic rings. The fourth-order valence-electron chi connectivity index (χ4n) is 3.05. The number of hydrogen-bond acceptors (Lipinski definition) is 3. The van der Waals surface area contributed by atoms with Crippen molar-refractivity contribution in [2.24, 2.45) is 0 Å². The fourth-order valence-corrected chi connectivity index (χ4v) is 3.78. The number of thiophene rings is 1. The van der Waals surface area contributed by atoms with Gasteiger partial charge in [-0.2, -0.15) is 0 Å². The number of benzene rings is 1. The van der Waals surface area contributed by atoms with Crippen LogP contribution in [0.2, 0.25) is 0 Å². The van der Waals surface area contributed by atoms with Gasteiger partial charge in [-0.1, -0.05) is 30.3 Å². The highest BCUT2D eigenvalue weighted by molar-refractivity contribution is 7.09. The van der Waals surface area contributed by atoms with Crippen LogP contribution in [0, 0.1) is 0 Å². The minimum absolute atomic E-state index is 0.456. The summed E-state index contributed by atoms with van der Waals surface area (Å²) in [5.74, 6) is 0. The highest BCUT2D eigenvalue weighted by Gasteiger charge is 2.23. The fraction of sp³-hybridized carbons (Fsp3) is 0.444. The highest BCUT2D eigenvalue weighted by Crippen LogP contribution is 2.25. The van der Waals surface area contributed by atoms with Crippen LogP contribution in [0.1, 0.15) is 35.9 Å². The molecule has 1 aromatic heterocycles. The third kappa shape index (κ3) is 3.54. The van der Waals surface area contributed by atoms with Gasteiger partial charge in [0.2, 0.25) is 0 Å². The first-order valence-corrected chi connectivity index (χ1v) is 8.69. The molecule has 0 saturated carbocycles. The van der Waals surface area contributed by atoms with E-state index in [4.69, 9.17) is 0 Å². The van der Waals surface area contributed by atoms with E-state index < -0.39 is 0 Å². The Kier molecular flexibility index (Phi) is 4.73. The standard InChI is InChI=1S/C18H24N2S/c1-14(2)20(12-16-7-5-11-21-16)13-18-17-8-4-3-6-15(17)9-10-19-18/h3-8,11,14,18-19H,9-10,12-13H2,1-2H3. The Bertz CT molecular complexity index is 562. The molecule has 2 aromatic rings.